The number of hydrogen-bond acceptors (Lipinski definition) is 2. The van der Waals surface area contributed by atoms with Crippen LogP contribution in [0.2, 0.25) is 0 Å². The van der Waals surface area contributed by atoms with Crippen molar-refractivity contribution in [1.82, 2.24) is 9.80 Å². The quantitative estimate of drug-likeness (QED) is 0.743. The summed E-state index contributed by atoms with van der Waals surface area (Å²) in [6, 6.07) is 0.901. The van der Waals surface area contributed by atoms with E-state index in [1.54, 1.807) is 0 Å². The van der Waals surface area contributed by atoms with Crippen LogP contribution in [0.4, 0.5) is 0 Å². The Hall–Kier alpha value is -0.0800. The summed E-state index contributed by atoms with van der Waals surface area (Å²) in [6.07, 6.45) is 8.58. The van der Waals surface area contributed by atoms with Crippen molar-refractivity contribution < 1.29 is 0 Å². The first kappa shape index (κ1) is 13.4. The van der Waals surface area contributed by atoms with Gasteiger partial charge in [-0.1, -0.05) is 20.3 Å². The predicted octanol–water partition coefficient (Wildman–Crippen LogP) is 2.98. The molecule has 0 aliphatic carbocycles. The third-order valence-corrected chi connectivity index (χ3v) is 4.71. The lowest BCUT2D eigenvalue weighted by Gasteiger charge is -2.44. The molecule has 2 nitrogen and oxygen atoms in total. The molecule has 2 aliphatic heterocycles. The molecule has 2 aliphatic rings. The fourth-order valence-corrected chi connectivity index (χ4v) is 3.81. The highest BCUT2D eigenvalue weighted by atomic mass is 15.2. The molecule has 0 N–H and O–H groups in total. The molecule has 2 heterocycles. The second-order valence-electron chi connectivity index (χ2n) is 5.89. The van der Waals surface area contributed by atoms with Crippen LogP contribution in [0, 0.1) is 5.92 Å². The molecule has 2 unspecified atom stereocenters. The van der Waals surface area contributed by atoms with Crippen molar-refractivity contribution in [3.05, 3.63) is 0 Å². The number of nitrogens with zero attached hydrogens (tertiary/aromatic N) is 2. The molecule has 0 amide bonds. The van der Waals surface area contributed by atoms with Crippen molar-refractivity contribution in [3.8, 4) is 0 Å². The van der Waals surface area contributed by atoms with E-state index in [0.29, 0.717) is 0 Å². The second kappa shape index (κ2) is 6.75. The van der Waals surface area contributed by atoms with Gasteiger partial charge in [0.05, 0.1) is 0 Å². The summed E-state index contributed by atoms with van der Waals surface area (Å²) in [7, 11) is 0. The minimum absolute atomic E-state index is 0.901. The highest BCUT2D eigenvalue weighted by Gasteiger charge is 2.31. The van der Waals surface area contributed by atoms with Crippen LogP contribution in [0.15, 0.2) is 0 Å². The van der Waals surface area contributed by atoms with Gasteiger partial charge in [0.2, 0.25) is 0 Å². The van der Waals surface area contributed by atoms with Gasteiger partial charge in [-0.3, -0.25) is 0 Å². The highest BCUT2D eigenvalue weighted by molar-refractivity contribution is 4.87. The number of piperidine rings is 2. The maximum Gasteiger partial charge on any atom is 0.0136 e. The maximum atomic E-state index is 2.80. The van der Waals surface area contributed by atoms with Crippen molar-refractivity contribution >= 4 is 0 Å². The van der Waals surface area contributed by atoms with E-state index in [0.717, 1.165) is 12.0 Å². The molecule has 2 saturated heterocycles. The van der Waals surface area contributed by atoms with E-state index in [-0.39, 0.29) is 0 Å². The number of likely N-dealkylation sites (tertiary alicyclic amines) is 2. The summed E-state index contributed by atoms with van der Waals surface area (Å²) in [4.78, 5) is 5.46. The Bertz CT molecular complexity index is 215. The monoisotopic (exact) mass is 238 g/mol. The zero-order valence-corrected chi connectivity index (χ0v) is 11.8. The third-order valence-electron chi connectivity index (χ3n) is 4.71. The molecule has 0 bridgehead atoms. The van der Waals surface area contributed by atoms with E-state index in [2.05, 4.69) is 23.6 Å². The standard InChI is InChI=1S/C15H30N2/c1-3-10-17-12-6-5-9-15(17)14-8-7-11-16(4-2)13-14/h14-15H,3-13H2,1-2H3. The largest absolute Gasteiger partial charge is 0.303 e. The van der Waals surface area contributed by atoms with E-state index in [1.807, 2.05) is 0 Å². The van der Waals surface area contributed by atoms with Gasteiger partial charge in [-0.15, -0.1) is 0 Å². The van der Waals surface area contributed by atoms with E-state index in [9.17, 15) is 0 Å². The molecule has 0 spiro atoms. The topological polar surface area (TPSA) is 6.48 Å². The Balaban J connectivity index is 1.92. The molecule has 2 rings (SSSR count). The summed E-state index contributed by atoms with van der Waals surface area (Å²) in [5.41, 5.74) is 0. The van der Waals surface area contributed by atoms with Crippen LogP contribution >= 0.6 is 0 Å². The first-order valence-corrected chi connectivity index (χ1v) is 7.81. The van der Waals surface area contributed by atoms with Gasteiger partial charge in [0.1, 0.15) is 0 Å². The SMILES string of the molecule is CCCN1CCCCC1C1CCCN(CC)C1. The Morgan fingerprint density at radius 2 is 1.88 bits per heavy atom. The Morgan fingerprint density at radius 3 is 2.65 bits per heavy atom. The average molecular weight is 238 g/mol. The van der Waals surface area contributed by atoms with Crippen LogP contribution in [0.3, 0.4) is 0 Å². The van der Waals surface area contributed by atoms with Crippen molar-refractivity contribution in [2.75, 3.05) is 32.7 Å². The first-order valence-electron chi connectivity index (χ1n) is 7.81. The summed E-state index contributed by atoms with van der Waals surface area (Å²) in [5.74, 6) is 0.954. The molecule has 2 heteroatoms. The van der Waals surface area contributed by atoms with Crippen LogP contribution in [-0.2, 0) is 0 Å². The summed E-state index contributed by atoms with van der Waals surface area (Å²) in [5, 5.41) is 0. The van der Waals surface area contributed by atoms with E-state index in [4.69, 9.17) is 0 Å². The average Bonchev–Trinajstić information content (AvgIpc) is 2.40. The van der Waals surface area contributed by atoms with Gasteiger partial charge in [0.25, 0.3) is 0 Å². The highest BCUT2D eigenvalue weighted by Crippen LogP contribution is 2.29. The normalized spacial score (nSPS) is 32.8. The van der Waals surface area contributed by atoms with E-state index >= 15 is 0 Å². The lowest BCUT2D eigenvalue weighted by Crippen LogP contribution is -2.49. The molecule has 0 aromatic rings. The lowest BCUT2D eigenvalue weighted by atomic mass is 9.84. The van der Waals surface area contributed by atoms with Crippen molar-refractivity contribution in [2.45, 2.75) is 58.4 Å². The zero-order valence-electron chi connectivity index (χ0n) is 11.8. The summed E-state index contributed by atoms with van der Waals surface area (Å²) < 4.78 is 0. The predicted molar refractivity (Wildman–Crippen MR) is 74.3 cm³/mol. The molecule has 17 heavy (non-hydrogen) atoms. The molecule has 0 aromatic carbocycles. The molecular formula is C15H30N2. The smallest absolute Gasteiger partial charge is 0.0136 e. The number of hydrogen-bond donors (Lipinski definition) is 0. The summed E-state index contributed by atoms with van der Waals surface area (Å²) >= 11 is 0. The van der Waals surface area contributed by atoms with Crippen LogP contribution < -0.4 is 0 Å². The fraction of sp³-hybridized carbons (Fsp3) is 1.00. The molecule has 2 fully saturated rings. The van der Waals surface area contributed by atoms with E-state index < -0.39 is 0 Å². The Morgan fingerprint density at radius 1 is 1.00 bits per heavy atom. The molecule has 100 valence electrons. The number of rotatable bonds is 4. The van der Waals surface area contributed by atoms with Crippen LogP contribution in [0.1, 0.15) is 52.4 Å². The van der Waals surface area contributed by atoms with Gasteiger partial charge >= 0.3 is 0 Å². The second-order valence-corrected chi connectivity index (χ2v) is 5.89. The maximum absolute atomic E-state index is 2.80. The minimum Gasteiger partial charge on any atom is -0.303 e. The zero-order chi connectivity index (χ0) is 12.1. The fourth-order valence-electron chi connectivity index (χ4n) is 3.81. The summed E-state index contributed by atoms with van der Waals surface area (Å²) in [6.45, 7) is 11.3. The van der Waals surface area contributed by atoms with Crippen LogP contribution in [-0.4, -0.2) is 48.6 Å². The molecule has 2 atom stereocenters. The van der Waals surface area contributed by atoms with Gasteiger partial charge < -0.3 is 9.80 Å². The third kappa shape index (κ3) is 3.45. The van der Waals surface area contributed by atoms with Gasteiger partial charge in [0, 0.05) is 12.6 Å². The van der Waals surface area contributed by atoms with Crippen molar-refractivity contribution in [2.24, 2.45) is 5.92 Å². The molecule has 0 saturated carbocycles. The molecule has 0 aromatic heterocycles. The lowest BCUT2D eigenvalue weighted by molar-refractivity contribution is 0.0549. The van der Waals surface area contributed by atoms with Gasteiger partial charge in [-0.25, -0.2) is 0 Å². The van der Waals surface area contributed by atoms with Gasteiger partial charge in [-0.2, -0.15) is 0 Å². The Labute approximate surface area is 107 Å². The molecular weight excluding hydrogens is 208 g/mol. The van der Waals surface area contributed by atoms with Gasteiger partial charge in [-0.05, 0) is 64.2 Å². The van der Waals surface area contributed by atoms with E-state index in [1.165, 1.54) is 71.2 Å². The minimum atomic E-state index is 0.901. The van der Waals surface area contributed by atoms with Crippen LogP contribution in [0.5, 0.6) is 0 Å². The molecule has 0 radical (unpaired) electrons. The Kier molecular flexibility index (Phi) is 5.30. The van der Waals surface area contributed by atoms with Crippen molar-refractivity contribution in [1.29, 1.82) is 0 Å². The van der Waals surface area contributed by atoms with Crippen LogP contribution in [0.25, 0.3) is 0 Å². The first-order chi connectivity index (χ1) is 8.35. The van der Waals surface area contributed by atoms with Gasteiger partial charge in [0.15, 0.2) is 0 Å². The van der Waals surface area contributed by atoms with Crippen molar-refractivity contribution in [3.63, 3.8) is 0 Å².